The number of rotatable bonds is 14. The SMILES string of the molecule is CCCCCCCC(=O)Nc1ccn([C@@H]2O[C@H](COC(=O)C(C)C)[C@@H](OC(=O)[C@@H](N)C(C)C)C2(F)F)c(=O)n1. The fraction of sp³-hybridized carbons (Fsp3) is 0.731. The lowest BCUT2D eigenvalue weighted by molar-refractivity contribution is -0.179. The molecule has 0 aromatic carbocycles. The number of unbranched alkanes of at least 4 members (excludes halogenated alkanes) is 4. The third-order valence-corrected chi connectivity index (χ3v) is 6.30. The van der Waals surface area contributed by atoms with Crippen LogP contribution in [0.25, 0.3) is 0 Å². The van der Waals surface area contributed by atoms with E-state index < -0.39 is 66.5 Å². The van der Waals surface area contributed by atoms with Gasteiger partial charge in [-0.15, -0.1) is 0 Å². The third kappa shape index (κ3) is 8.79. The fourth-order valence-corrected chi connectivity index (χ4v) is 3.81. The standard InChI is InChI=1S/C26H40F2N4O7/c1-6-7-8-9-10-11-19(33)30-18-12-13-32(25(36)31-18)24-26(27,28)21(39-23(35)20(29)15(2)3)17(38-24)14-37-22(34)16(4)5/h12-13,15-17,20-21,24H,6-11,14,29H2,1-5H3,(H,30,31,33,36)/t17-,20+,21-,24-/m1/s1. The predicted octanol–water partition coefficient (Wildman–Crippen LogP) is 3.17. The molecule has 0 aliphatic carbocycles. The molecule has 0 bridgehead atoms. The van der Waals surface area contributed by atoms with E-state index in [1.807, 2.05) is 0 Å². The molecular formula is C26H40F2N4O7. The second kappa shape index (κ2) is 14.5. The third-order valence-electron chi connectivity index (χ3n) is 6.30. The van der Waals surface area contributed by atoms with Gasteiger partial charge in [0.1, 0.15) is 24.6 Å². The first-order chi connectivity index (χ1) is 18.3. The van der Waals surface area contributed by atoms with Gasteiger partial charge < -0.3 is 25.3 Å². The summed E-state index contributed by atoms with van der Waals surface area (Å²) in [6, 6.07) is 0.00936. The molecule has 1 aliphatic heterocycles. The van der Waals surface area contributed by atoms with Gasteiger partial charge in [-0.1, -0.05) is 60.3 Å². The van der Waals surface area contributed by atoms with Crippen LogP contribution in [0.15, 0.2) is 17.1 Å². The van der Waals surface area contributed by atoms with Gasteiger partial charge in [-0.05, 0) is 18.4 Å². The average Bonchev–Trinajstić information content (AvgIpc) is 3.10. The highest BCUT2D eigenvalue weighted by Crippen LogP contribution is 2.44. The van der Waals surface area contributed by atoms with E-state index in [-0.39, 0.29) is 18.1 Å². The largest absolute Gasteiger partial charge is 0.463 e. The number of hydrogen-bond acceptors (Lipinski definition) is 9. The van der Waals surface area contributed by atoms with Crippen molar-refractivity contribution < 1.29 is 37.4 Å². The second-order valence-electron chi connectivity index (χ2n) is 10.3. The van der Waals surface area contributed by atoms with E-state index in [0.717, 1.165) is 31.9 Å². The molecule has 4 atom stereocenters. The number of aromatic nitrogens is 2. The molecule has 0 radical (unpaired) electrons. The topological polar surface area (TPSA) is 152 Å². The molecule has 0 spiro atoms. The lowest BCUT2D eigenvalue weighted by Gasteiger charge is -2.26. The molecule has 1 saturated heterocycles. The summed E-state index contributed by atoms with van der Waals surface area (Å²) in [6.07, 6.45) is -0.0154. The van der Waals surface area contributed by atoms with E-state index in [1.54, 1.807) is 27.7 Å². The number of esters is 2. The molecular weight excluding hydrogens is 518 g/mol. The van der Waals surface area contributed by atoms with Crippen LogP contribution in [0.3, 0.4) is 0 Å². The number of nitrogens with one attached hydrogen (secondary N) is 1. The van der Waals surface area contributed by atoms with E-state index in [0.29, 0.717) is 11.0 Å². The first-order valence-corrected chi connectivity index (χ1v) is 13.3. The van der Waals surface area contributed by atoms with Crippen molar-refractivity contribution in [3.8, 4) is 0 Å². The van der Waals surface area contributed by atoms with Crippen molar-refractivity contribution >= 4 is 23.7 Å². The molecule has 2 rings (SSSR count). The molecule has 3 N–H and O–H groups in total. The van der Waals surface area contributed by atoms with Gasteiger partial charge >= 0.3 is 23.6 Å². The molecule has 1 aromatic heterocycles. The number of amides is 1. The molecule has 1 fully saturated rings. The van der Waals surface area contributed by atoms with Crippen LogP contribution in [0.4, 0.5) is 14.6 Å². The number of halogens is 2. The number of hydrogen-bond donors (Lipinski definition) is 2. The Kier molecular flexibility index (Phi) is 12.0. The van der Waals surface area contributed by atoms with Crippen LogP contribution in [0, 0.1) is 11.8 Å². The Morgan fingerprint density at radius 3 is 2.41 bits per heavy atom. The lowest BCUT2D eigenvalue weighted by atomic mass is 10.1. The monoisotopic (exact) mass is 558 g/mol. The number of carbonyl (C=O) groups excluding carboxylic acids is 3. The molecule has 13 heteroatoms. The fourth-order valence-electron chi connectivity index (χ4n) is 3.81. The highest BCUT2D eigenvalue weighted by atomic mass is 19.3. The second-order valence-corrected chi connectivity index (χ2v) is 10.3. The predicted molar refractivity (Wildman–Crippen MR) is 138 cm³/mol. The highest BCUT2D eigenvalue weighted by molar-refractivity contribution is 5.89. The summed E-state index contributed by atoms with van der Waals surface area (Å²) in [5, 5.41) is 2.49. The van der Waals surface area contributed by atoms with Gasteiger partial charge in [0.25, 0.3) is 0 Å². The zero-order valence-electron chi connectivity index (χ0n) is 23.2. The number of alkyl halides is 2. The normalized spacial score (nSPS) is 21.1. The Morgan fingerprint density at radius 2 is 1.82 bits per heavy atom. The van der Waals surface area contributed by atoms with E-state index in [2.05, 4.69) is 17.2 Å². The van der Waals surface area contributed by atoms with Crippen LogP contribution >= 0.6 is 0 Å². The minimum absolute atomic E-state index is 0.0931. The Balaban J connectivity index is 2.21. The molecule has 11 nitrogen and oxygen atoms in total. The van der Waals surface area contributed by atoms with Gasteiger partial charge in [-0.2, -0.15) is 13.8 Å². The maximum Gasteiger partial charge on any atom is 0.351 e. The molecule has 1 aliphatic rings. The summed E-state index contributed by atoms with van der Waals surface area (Å²) in [6.45, 7) is 7.81. The smallest absolute Gasteiger partial charge is 0.351 e. The van der Waals surface area contributed by atoms with Crippen molar-refractivity contribution in [1.29, 1.82) is 0 Å². The van der Waals surface area contributed by atoms with Crippen LogP contribution in [-0.4, -0.2) is 58.2 Å². The summed E-state index contributed by atoms with van der Waals surface area (Å²) < 4.78 is 47.3. The van der Waals surface area contributed by atoms with Crippen molar-refractivity contribution in [2.75, 3.05) is 11.9 Å². The lowest BCUT2D eigenvalue weighted by Crippen LogP contribution is -2.48. The van der Waals surface area contributed by atoms with Crippen LogP contribution in [0.2, 0.25) is 0 Å². The number of nitrogens with zero attached hydrogens (tertiary/aromatic N) is 2. The molecule has 0 unspecified atom stereocenters. The summed E-state index contributed by atoms with van der Waals surface area (Å²) in [5.74, 6) is -7.05. The van der Waals surface area contributed by atoms with Crippen molar-refractivity contribution in [3.63, 3.8) is 0 Å². The molecule has 1 aromatic rings. The number of carbonyl (C=O) groups is 3. The van der Waals surface area contributed by atoms with Gasteiger partial charge in [-0.25, -0.2) is 4.79 Å². The zero-order chi connectivity index (χ0) is 29.3. The Bertz CT molecular complexity index is 1050. The Morgan fingerprint density at radius 1 is 1.15 bits per heavy atom. The molecule has 1 amide bonds. The summed E-state index contributed by atoms with van der Waals surface area (Å²) in [7, 11) is 0. The van der Waals surface area contributed by atoms with Gasteiger partial charge in [0.15, 0.2) is 6.10 Å². The van der Waals surface area contributed by atoms with Gasteiger partial charge in [-0.3, -0.25) is 19.0 Å². The minimum Gasteiger partial charge on any atom is -0.463 e. The van der Waals surface area contributed by atoms with E-state index in [9.17, 15) is 19.2 Å². The first kappa shape index (κ1) is 32.3. The minimum atomic E-state index is -3.92. The van der Waals surface area contributed by atoms with Crippen molar-refractivity contribution in [2.24, 2.45) is 17.6 Å². The van der Waals surface area contributed by atoms with Crippen LogP contribution in [0.5, 0.6) is 0 Å². The van der Waals surface area contributed by atoms with Crippen molar-refractivity contribution in [1.82, 2.24) is 9.55 Å². The van der Waals surface area contributed by atoms with E-state index >= 15 is 8.78 Å². The maximum atomic E-state index is 15.6. The Hall–Kier alpha value is -2.93. The first-order valence-electron chi connectivity index (χ1n) is 13.3. The average molecular weight is 559 g/mol. The van der Waals surface area contributed by atoms with E-state index in [4.69, 9.17) is 19.9 Å². The molecule has 220 valence electrons. The molecule has 39 heavy (non-hydrogen) atoms. The van der Waals surface area contributed by atoms with Gasteiger partial charge in [0, 0.05) is 12.6 Å². The maximum absolute atomic E-state index is 15.6. The zero-order valence-corrected chi connectivity index (χ0v) is 23.2. The summed E-state index contributed by atoms with van der Waals surface area (Å²) in [5.41, 5.74) is 4.65. The number of anilines is 1. The van der Waals surface area contributed by atoms with Crippen molar-refractivity contribution in [2.45, 2.75) is 104 Å². The Labute approximate surface area is 226 Å². The summed E-state index contributed by atoms with van der Waals surface area (Å²) in [4.78, 5) is 52.9. The van der Waals surface area contributed by atoms with Gasteiger partial charge in [0.05, 0.1) is 5.92 Å². The number of ether oxygens (including phenoxy) is 3. The van der Waals surface area contributed by atoms with Gasteiger partial charge in [0.2, 0.25) is 12.1 Å². The number of nitrogens with two attached hydrogens (primary N) is 1. The van der Waals surface area contributed by atoms with Crippen LogP contribution < -0.4 is 16.7 Å². The van der Waals surface area contributed by atoms with Crippen LogP contribution in [-0.2, 0) is 28.6 Å². The molecule has 0 saturated carbocycles. The summed E-state index contributed by atoms with van der Waals surface area (Å²) >= 11 is 0. The van der Waals surface area contributed by atoms with Crippen LogP contribution in [0.1, 0.15) is 79.4 Å². The van der Waals surface area contributed by atoms with Crippen molar-refractivity contribution in [3.05, 3.63) is 22.7 Å². The quantitative estimate of drug-likeness (QED) is 0.259. The molecule has 2 heterocycles. The highest BCUT2D eigenvalue weighted by Gasteiger charge is 2.63. The van der Waals surface area contributed by atoms with E-state index in [1.165, 1.54) is 6.07 Å².